The van der Waals surface area contributed by atoms with Crippen LogP contribution in [-0.4, -0.2) is 5.11 Å². The fraction of sp³-hybridized carbons (Fsp3) is 0.143. The molecule has 0 aromatic heterocycles. The minimum atomic E-state index is 0.307. The van der Waals surface area contributed by atoms with Gasteiger partial charge in [-0.15, -0.1) is 0 Å². The second-order valence-corrected chi connectivity index (χ2v) is 1.83. The molecule has 0 saturated heterocycles. The minimum Gasteiger partial charge on any atom is -0.508 e. The third-order valence-corrected chi connectivity index (χ3v) is 1.02. The van der Waals surface area contributed by atoms with Crippen molar-refractivity contribution in [3.63, 3.8) is 0 Å². The van der Waals surface area contributed by atoms with Crippen molar-refractivity contribution in [1.29, 1.82) is 0 Å². The highest BCUT2D eigenvalue weighted by Crippen LogP contribution is 2.10. The first-order valence-corrected chi connectivity index (χ1v) is 2.54. The van der Waals surface area contributed by atoms with Crippen LogP contribution in [0.25, 0.3) is 0 Å². The third kappa shape index (κ3) is 0.997. The summed E-state index contributed by atoms with van der Waals surface area (Å²) in [5.41, 5.74) is 0.963. The van der Waals surface area contributed by atoms with Crippen LogP contribution in [-0.2, 0) is 0 Å². The molecule has 0 fully saturated rings. The fourth-order valence-electron chi connectivity index (χ4n) is 0.647. The summed E-state index contributed by atoms with van der Waals surface area (Å²) in [5.74, 6) is 0.307. The topological polar surface area (TPSA) is 20.2 Å². The highest BCUT2D eigenvalue weighted by atomic mass is 16.3. The SMILES string of the molecule is C=C1C=C(O)C=CC1. The van der Waals surface area contributed by atoms with Crippen LogP contribution >= 0.6 is 0 Å². The maximum atomic E-state index is 8.79. The lowest BCUT2D eigenvalue weighted by Crippen LogP contribution is -1.83. The molecule has 0 unspecified atom stereocenters. The molecule has 1 heteroatoms. The molecule has 0 aromatic rings. The van der Waals surface area contributed by atoms with Gasteiger partial charge in [0, 0.05) is 0 Å². The van der Waals surface area contributed by atoms with Crippen molar-refractivity contribution < 1.29 is 5.11 Å². The van der Waals surface area contributed by atoms with Gasteiger partial charge in [0.05, 0.1) is 0 Å². The number of aliphatic hydroxyl groups excluding tert-OH is 1. The van der Waals surface area contributed by atoms with Crippen molar-refractivity contribution in [3.8, 4) is 0 Å². The van der Waals surface area contributed by atoms with Gasteiger partial charge in [-0.05, 0) is 24.1 Å². The van der Waals surface area contributed by atoms with Gasteiger partial charge in [0.25, 0.3) is 0 Å². The van der Waals surface area contributed by atoms with Gasteiger partial charge in [0.15, 0.2) is 0 Å². The Morgan fingerprint density at radius 3 is 2.75 bits per heavy atom. The Morgan fingerprint density at radius 1 is 1.62 bits per heavy atom. The van der Waals surface area contributed by atoms with Gasteiger partial charge < -0.3 is 5.11 Å². The highest BCUT2D eigenvalue weighted by Gasteiger charge is 1.94. The summed E-state index contributed by atoms with van der Waals surface area (Å²) in [5, 5.41) is 8.79. The first-order valence-electron chi connectivity index (χ1n) is 2.54. The summed E-state index contributed by atoms with van der Waals surface area (Å²) in [4.78, 5) is 0. The third-order valence-electron chi connectivity index (χ3n) is 1.02. The molecule has 0 amide bonds. The average Bonchev–Trinajstić information content (AvgIpc) is 1.64. The molecule has 8 heavy (non-hydrogen) atoms. The second-order valence-electron chi connectivity index (χ2n) is 1.83. The van der Waals surface area contributed by atoms with Gasteiger partial charge in [-0.3, -0.25) is 0 Å². The van der Waals surface area contributed by atoms with Crippen LogP contribution in [0.2, 0.25) is 0 Å². The van der Waals surface area contributed by atoms with Gasteiger partial charge in [-0.25, -0.2) is 0 Å². The second kappa shape index (κ2) is 1.86. The summed E-state index contributed by atoms with van der Waals surface area (Å²) in [6, 6.07) is 0. The van der Waals surface area contributed by atoms with Crippen LogP contribution in [0, 0.1) is 0 Å². The van der Waals surface area contributed by atoms with E-state index >= 15 is 0 Å². The molecule has 0 radical (unpaired) electrons. The maximum Gasteiger partial charge on any atom is 0.115 e. The van der Waals surface area contributed by atoms with E-state index in [9.17, 15) is 0 Å². The molecule has 1 aliphatic rings. The standard InChI is InChI=1S/C7H8O/c1-6-3-2-4-7(8)5-6/h2,4-5,8H,1,3H2. The molecule has 0 aliphatic heterocycles. The van der Waals surface area contributed by atoms with Crippen LogP contribution in [0.3, 0.4) is 0 Å². The number of hydrogen-bond donors (Lipinski definition) is 1. The molecule has 1 rings (SSSR count). The van der Waals surface area contributed by atoms with Crippen LogP contribution in [0.5, 0.6) is 0 Å². The van der Waals surface area contributed by atoms with Crippen molar-refractivity contribution >= 4 is 0 Å². The zero-order valence-electron chi connectivity index (χ0n) is 4.59. The highest BCUT2D eigenvalue weighted by molar-refractivity contribution is 5.30. The molecule has 0 atom stereocenters. The van der Waals surface area contributed by atoms with Crippen LogP contribution in [0.1, 0.15) is 6.42 Å². The monoisotopic (exact) mass is 108 g/mol. The lowest BCUT2D eigenvalue weighted by atomic mass is 10.1. The van der Waals surface area contributed by atoms with E-state index in [1.54, 1.807) is 12.2 Å². The van der Waals surface area contributed by atoms with Crippen molar-refractivity contribution in [2.75, 3.05) is 0 Å². The van der Waals surface area contributed by atoms with Crippen LogP contribution < -0.4 is 0 Å². The Labute approximate surface area is 48.6 Å². The van der Waals surface area contributed by atoms with E-state index in [1.165, 1.54) is 0 Å². The number of hydrogen-bond acceptors (Lipinski definition) is 1. The molecule has 0 spiro atoms. The van der Waals surface area contributed by atoms with E-state index in [2.05, 4.69) is 6.58 Å². The van der Waals surface area contributed by atoms with Gasteiger partial charge in [-0.2, -0.15) is 0 Å². The number of rotatable bonds is 0. The van der Waals surface area contributed by atoms with Crippen LogP contribution in [0.15, 0.2) is 36.1 Å². The molecule has 0 heterocycles. The predicted molar refractivity (Wildman–Crippen MR) is 33.6 cm³/mol. The molecule has 1 nitrogen and oxygen atoms in total. The van der Waals surface area contributed by atoms with E-state index in [0.29, 0.717) is 5.76 Å². The van der Waals surface area contributed by atoms with Crippen molar-refractivity contribution in [2.24, 2.45) is 0 Å². The Hall–Kier alpha value is -0.980. The summed E-state index contributed by atoms with van der Waals surface area (Å²) in [6.45, 7) is 3.68. The minimum absolute atomic E-state index is 0.307. The number of allylic oxidation sites excluding steroid dienone is 4. The first kappa shape index (κ1) is 5.16. The quantitative estimate of drug-likeness (QED) is 0.502. The Bertz CT molecular complexity index is 163. The fourth-order valence-corrected chi connectivity index (χ4v) is 0.647. The van der Waals surface area contributed by atoms with Gasteiger partial charge >= 0.3 is 0 Å². The molecule has 42 valence electrons. The van der Waals surface area contributed by atoms with E-state index in [0.717, 1.165) is 12.0 Å². The molecule has 0 aromatic carbocycles. The van der Waals surface area contributed by atoms with Gasteiger partial charge in [-0.1, -0.05) is 12.7 Å². The molecule has 0 bridgehead atoms. The Balaban J connectivity index is 2.77. The smallest absolute Gasteiger partial charge is 0.115 e. The molecule has 0 saturated carbocycles. The summed E-state index contributed by atoms with van der Waals surface area (Å²) in [7, 11) is 0. The summed E-state index contributed by atoms with van der Waals surface area (Å²) >= 11 is 0. The van der Waals surface area contributed by atoms with Gasteiger partial charge in [0.2, 0.25) is 0 Å². The average molecular weight is 108 g/mol. The van der Waals surface area contributed by atoms with Gasteiger partial charge in [0.1, 0.15) is 5.76 Å². The maximum absolute atomic E-state index is 8.79. The summed E-state index contributed by atoms with van der Waals surface area (Å²) in [6.07, 6.45) is 6.09. The lowest BCUT2D eigenvalue weighted by Gasteiger charge is -2.00. The lowest BCUT2D eigenvalue weighted by molar-refractivity contribution is 0.430. The Kier molecular flexibility index (Phi) is 1.20. The predicted octanol–water partition coefficient (Wildman–Crippen LogP) is 1.94. The van der Waals surface area contributed by atoms with Crippen molar-refractivity contribution in [3.05, 3.63) is 36.1 Å². The van der Waals surface area contributed by atoms with Crippen molar-refractivity contribution in [2.45, 2.75) is 6.42 Å². The molecule has 1 aliphatic carbocycles. The molecular weight excluding hydrogens is 100 g/mol. The largest absolute Gasteiger partial charge is 0.508 e. The zero-order chi connectivity index (χ0) is 5.98. The van der Waals surface area contributed by atoms with E-state index in [1.807, 2.05) is 6.08 Å². The normalized spacial score (nSPS) is 18.5. The Morgan fingerprint density at radius 2 is 2.38 bits per heavy atom. The van der Waals surface area contributed by atoms with Crippen molar-refractivity contribution in [1.82, 2.24) is 0 Å². The van der Waals surface area contributed by atoms with Crippen LogP contribution in [0.4, 0.5) is 0 Å². The zero-order valence-corrected chi connectivity index (χ0v) is 4.59. The first-order chi connectivity index (χ1) is 3.79. The van der Waals surface area contributed by atoms with E-state index in [-0.39, 0.29) is 0 Å². The summed E-state index contributed by atoms with van der Waals surface area (Å²) < 4.78 is 0. The van der Waals surface area contributed by atoms with E-state index in [4.69, 9.17) is 5.11 Å². The molecular formula is C7H8O. The molecule has 1 N–H and O–H groups in total. The number of aliphatic hydroxyl groups is 1. The van der Waals surface area contributed by atoms with E-state index < -0.39 is 0 Å².